The lowest BCUT2D eigenvalue weighted by atomic mass is 9.97. The summed E-state index contributed by atoms with van der Waals surface area (Å²) >= 11 is 1.77. The largest absolute Gasteiger partial charge is 0.338 e. The fourth-order valence-electron chi connectivity index (χ4n) is 3.56. The molecular formula is C21H22N2OS. The van der Waals surface area contributed by atoms with Crippen LogP contribution in [0, 0.1) is 13.8 Å². The number of amides is 1. The third-order valence-electron chi connectivity index (χ3n) is 4.99. The number of nitrogens with zero attached hydrogens (tertiary/aromatic N) is 2. The van der Waals surface area contributed by atoms with Gasteiger partial charge in [-0.05, 0) is 50.5 Å². The zero-order valence-corrected chi connectivity index (χ0v) is 15.5. The average molecular weight is 350 g/mol. The molecule has 0 saturated carbocycles. The summed E-state index contributed by atoms with van der Waals surface area (Å²) in [6.07, 6.45) is 2.15. The average Bonchev–Trinajstić information content (AvgIpc) is 3.07. The number of carbonyl (C=O) groups is 1. The van der Waals surface area contributed by atoms with Crippen molar-refractivity contribution in [3.8, 4) is 0 Å². The molecule has 0 bridgehead atoms. The van der Waals surface area contributed by atoms with Crippen LogP contribution in [0.4, 0.5) is 0 Å². The Kier molecular flexibility index (Phi) is 4.30. The molecule has 2 aromatic carbocycles. The van der Waals surface area contributed by atoms with Crippen molar-refractivity contribution in [2.24, 2.45) is 0 Å². The first-order valence-electron chi connectivity index (χ1n) is 8.84. The van der Waals surface area contributed by atoms with Gasteiger partial charge in [-0.3, -0.25) is 4.79 Å². The number of aryl methyl sites for hydroxylation is 2. The standard InChI is InChI=1S/C21H22N2OS/c1-14-9-10-15(2)17(12-14)21(24)23-11-5-6-16(13-23)20-22-18-7-3-4-8-19(18)25-20/h3-4,7-10,12,16H,5-6,11,13H2,1-2H3. The van der Waals surface area contributed by atoms with Crippen molar-refractivity contribution in [3.63, 3.8) is 0 Å². The molecule has 1 aromatic heterocycles. The first-order chi connectivity index (χ1) is 12.1. The molecule has 0 aliphatic carbocycles. The van der Waals surface area contributed by atoms with Crippen molar-refractivity contribution < 1.29 is 4.79 Å². The lowest BCUT2D eigenvalue weighted by molar-refractivity contribution is 0.0706. The van der Waals surface area contributed by atoms with Crippen molar-refractivity contribution in [2.75, 3.05) is 13.1 Å². The molecule has 2 heterocycles. The highest BCUT2D eigenvalue weighted by molar-refractivity contribution is 7.18. The smallest absolute Gasteiger partial charge is 0.254 e. The Hall–Kier alpha value is -2.20. The zero-order chi connectivity index (χ0) is 17.4. The number of para-hydroxylation sites is 1. The first kappa shape index (κ1) is 16.3. The van der Waals surface area contributed by atoms with E-state index >= 15 is 0 Å². The summed E-state index contributed by atoms with van der Waals surface area (Å²) < 4.78 is 1.23. The fourth-order valence-corrected chi connectivity index (χ4v) is 4.66. The normalized spacial score (nSPS) is 17.8. The Morgan fingerprint density at radius 2 is 2.04 bits per heavy atom. The van der Waals surface area contributed by atoms with E-state index in [1.165, 1.54) is 9.71 Å². The van der Waals surface area contributed by atoms with Gasteiger partial charge in [0.05, 0.1) is 15.2 Å². The van der Waals surface area contributed by atoms with Crippen LogP contribution in [0.15, 0.2) is 42.5 Å². The van der Waals surface area contributed by atoms with Gasteiger partial charge in [-0.25, -0.2) is 4.98 Å². The van der Waals surface area contributed by atoms with Gasteiger partial charge >= 0.3 is 0 Å². The predicted molar refractivity (Wildman–Crippen MR) is 103 cm³/mol. The van der Waals surface area contributed by atoms with Gasteiger partial charge in [-0.15, -0.1) is 11.3 Å². The third-order valence-corrected chi connectivity index (χ3v) is 6.19. The van der Waals surface area contributed by atoms with E-state index in [9.17, 15) is 4.79 Å². The van der Waals surface area contributed by atoms with E-state index in [0.29, 0.717) is 5.92 Å². The SMILES string of the molecule is Cc1ccc(C)c(C(=O)N2CCCC(c3nc4ccccc4s3)C2)c1. The Morgan fingerprint density at radius 3 is 2.88 bits per heavy atom. The molecule has 25 heavy (non-hydrogen) atoms. The minimum atomic E-state index is 0.159. The highest BCUT2D eigenvalue weighted by Crippen LogP contribution is 2.33. The van der Waals surface area contributed by atoms with Crippen LogP contribution in [-0.2, 0) is 0 Å². The molecule has 1 saturated heterocycles. The molecule has 1 unspecified atom stereocenters. The van der Waals surface area contributed by atoms with Gasteiger partial charge < -0.3 is 4.90 Å². The predicted octanol–water partition coefficient (Wildman–Crippen LogP) is 4.93. The number of hydrogen-bond acceptors (Lipinski definition) is 3. The van der Waals surface area contributed by atoms with Crippen LogP contribution in [0.3, 0.4) is 0 Å². The quantitative estimate of drug-likeness (QED) is 0.656. The Bertz CT molecular complexity index is 898. The summed E-state index contributed by atoms with van der Waals surface area (Å²) in [6.45, 7) is 5.66. The number of thiazole rings is 1. The maximum atomic E-state index is 13.0. The molecule has 3 nitrogen and oxygen atoms in total. The molecule has 128 valence electrons. The number of rotatable bonds is 2. The van der Waals surface area contributed by atoms with E-state index in [2.05, 4.69) is 24.3 Å². The van der Waals surface area contributed by atoms with Crippen LogP contribution in [0.1, 0.15) is 45.3 Å². The third kappa shape index (κ3) is 3.19. The molecule has 1 fully saturated rings. The maximum Gasteiger partial charge on any atom is 0.254 e. The number of carbonyl (C=O) groups excluding carboxylic acids is 1. The van der Waals surface area contributed by atoms with Crippen molar-refractivity contribution in [2.45, 2.75) is 32.6 Å². The van der Waals surface area contributed by atoms with Crippen LogP contribution in [-0.4, -0.2) is 28.9 Å². The van der Waals surface area contributed by atoms with E-state index in [1.807, 2.05) is 36.9 Å². The molecule has 1 atom stereocenters. The monoisotopic (exact) mass is 350 g/mol. The Labute approximate surface area is 152 Å². The minimum Gasteiger partial charge on any atom is -0.338 e. The highest BCUT2D eigenvalue weighted by Gasteiger charge is 2.28. The van der Waals surface area contributed by atoms with Crippen molar-refractivity contribution >= 4 is 27.5 Å². The highest BCUT2D eigenvalue weighted by atomic mass is 32.1. The first-order valence-corrected chi connectivity index (χ1v) is 9.65. The van der Waals surface area contributed by atoms with Gasteiger partial charge in [0.2, 0.25) is 0 Å². The molecule has 4 heteroatoms. The number of piperidine rings is 1. The van der Waals surface area contributed by atoms with E-state index in [0.717, 1.165) is 48.1 Å². The summed E-state index contributed by atoms with van der Waals surface area (Å²) in [5, 5.41) is 1.17. The number of likely N-dealkylation sites (tertiary alicyclic amines) is 1. The Balaban J connectivity index is 1.58. The van der Waals surface area contributed by atoms with E-state index < -0.39 is 0 Å². The summed E-state index contributed by atoms with van der Waals surface area (Å²) in [5.41, 5.74) is 4.09. The molecule has 0 N–H and O–H groups in total. The van der Waals surface area contributed by atoms with Gasteiger partial charge in [0.1, 0.15) is 0 Å². The summed E-state index contributed by atoms with van der Waals surface area (Å²) in [5.74, 6) is 0.507. The fraction of sp³-hybridized carbons (Fsp3) is 0.333. The molecular weight excluding hydrogens is 328 g/mol. The Morgan fingerprint density at radius 1 is 1.20 bits per heavy atom. The summed E-state index contributed by atoms with van der Waals surface area (Å²) in [6, 6.07) is 14.4. The van der Waals surface area contributed by atoms with Gasteiger partial charge in [0, 0.05) is 24.6 Å². The second-order valence-corrected chi connectivity index (χ2v) is 7.99. The van der Waals surface area contributed by atoms with Crippen molar-refractivity contribution in [1.82, 2.24) is 9.88 Å². The zero-order valence-electron chi connectivity index (χ0n) is 14.7. The summed E-state index contributed by atoms with van der Waals surface area (Å²) in [4.78, 5) is 19.9. The van der Waals surface area contributed by atoms with Gasteiger partial charge in [-0.2, -0.15) is 0 Å². The maximum absolute atomic E-state index is 13.0. The minimum absolute atomic E-state index is 0.159. The molecule has 1 aliphatic rings. The number of hydrogen-bond donors (Lipinski definition) is 0. The lowest BCUT2D eigenvalue weighted by Gasteiger charge is -2.32. The van der Waals surface area contributed by atoms with Gasteiger partial charge in [0.15, 0.2) is 0 Å². The molecule has 4 rings (SSSR count). The second-order valence-electron chi connectivity index (χ2n) is 6.93. The number of aromatic nitrogens is 1. The van der Waals surface area contributed by atoms with Crippen LogP contribution in [0.2, 0.25) is 0 Å². The number of fused-ring (bicyclic) bond motifs is 1. The lowest BCUT2D eigenvalue weighted by Crippen LogP contribution is -2.39. The number of benzene rings is 2. The van der Waals surface area contributed by atoms with E-state index in [4.69, 9.17) is 4.98 Å². The molecule has 0 spiro atoms. The topological polar surface area (TPSA) is 33.2 Å². The molecule has 0 radical (unpaired) electrons. The van der Waals surface area contributed by atoms with E-state index in [-0.39, 0.29) is 5.91 Å². The van der Waals surface area contributed by atoms with Crippen LogP contribution in [0.5, 0.6) is 0 Å². The van der Waals surface area contributed by atoms with Crippen LogP contribution < -0.4 is 0 Å². The summed E-state index contributed by atoms with van der Waals surface area (Å²) in [7, 11) is 0. The van der Waals surface area contributed by atoms with E-state index in [1.54, 1.807) is 11.3 Å². The van der Waals surface area contributed by atoms with Gasteiger partial charge in [-0.1, -0.05) is 29.8 Å². The second kappa shape index (κ2) is 6.60. The van der Waals surface area contributed by atoms with Crippen LogP contribution in [0.25, 0.3) is 10.2 Å². The molecule has 3 aromatic rings. The van der Waals surface area contributed by atoms with Crippen molar-refractivity contribution in [1.29, 1.82) is 0 Å². The van der Waals surface area contributed by atoms with Gasteiger partial charge in [0.25, 0.3) is 5.91 Å². The van der Waals surface area contributed by atoms with Crippen LogP contribution >= 0.6 is 11.3 Å². The molecule has 1 amide bonds. The van der Waals surface area contributed by atoms with Crippen molar-refractivity contribution in [3.05, 3.63) is 64.2 Å². The molecule has 1 aliphatic heterocycles.